The summed E-state index contributed by atoms with van der Waals surface area (Å²) in [5.41, 5.74) is 8.14. The van der Waals surface area contributed by atoms with Gasteiger partial charge in [-0.15, -0.1) is 11.3 Å². The molecule has 21 nitrogen and oxygen atoms in total. The fraction of sp³-hybridized carbons (Fsp3) is 0.393. The van der Waals surface area contributed by atoms with Gasteiger partial charge in [-0.3, -0.25) is 19.3 Å². The molecule has 2 aromatic rings. The van der Waals surface area contributed by atoms with E-state index in [4.69, 9.17) is 27.9 Å². The molecular formula is C28H31ClN10O11S2. The number of amides is 5. The summed E-state index contributed by atoms with van der Waals surface area (Å²) in [5.74, 6) is -6.74. The number of carboxylic acid groups (broad SMARTS) is 2. The minimum Gasteiger partial charge on any atom is -0.504 e. The Morgan fingerprint density at radius 3 is 2.48 bits per heavy atom. The number of urea groups is 1. The van der Waals surface area contributed by atoms with E-state index in [-0.39, 0.29) is 42.6 Å². The summed E-state index contributed by atoms with van der Waals surface area (Å²) in [6.07, 6.45) is 0. The highest BCUT2D eigenvalue weighted by Crippen LogP contribution is 2.49. The molecule has 5 rings (SSSR count). The lowest BCUT2D eigenvalue weighted by Crippen LogP contribution is -2.68. The number of nitrogens with zero attached hydrogens (tertiary/aromatic N) is 6. The molecule has 3 atom stereocenters. The molecule has 1 aromatic carbocycles. The highest BCUT2D eigenvalue weighted by Gasteiger charge is 2.66. The van der Waals surface area contributed by atoms with Gasteiger partial charge in [0.05, 0.1) is 18.1 Å². The predicted molar refractivity (Wildman–Crippen MR) is 183 cm³/mol. The van der Waals surface area contributed by atoms with E-state index in [1.165, 1.54) is 25.3 Å². The molecule has 1 aromatic heterocycles. The summed E-state index contributed by atoms with van der Waals surface area (Å²) in [4.78, 5) is 87.1. The number of phenolic OH excluding ortho intramolecular Hbond substituents is 2. The third-order valence-electron chi connectivity index (χ3n) is 7.96. The number of hydrogen-bond donors (Lipinski definition) is 8. The van der Waals surface area contributed by atoms with E-state index in [1.807, 2.05) is 0 Å². The number of oxime groups is 1. The Labute approximate surface area is 306 Å². The molecule has 24 heteroatoms. The number of nitrogens with two attached hydrogens (primary N) is 2. The predicted octanol–water partition coefficient (Wildman–Crippen LogP) is -1.23. The van der Waals surface area contributed by atoms with Crippen molar-refractivity contribution in [3.8, 4) is 11.5 Å². The minimum atomic E-state index is -2.06. The summed E-state index contributed by atoms with van der Waals surface area (Å²) in [6, 6.07) is -0.0221. The number of halogens is 1. The van der Waals surface area contributed by atoms with E-state index in [2.05, 4.69) is 25.9 Å². The minimum absolute atomic E-state index is 0.000144. The maximum atomic E-state index is 13.8. The number of anilines is 1. The Morgan fingerprint density at radius 1 is 1.15 bits per heavy atom. The number of nitrogens with one attached hydrogen (secondary N) is 2. The number of carboxylic acids is 2. The second kappa shape index (κ2) is 14.3. The molecule has 278 valence electrons. The van der Waals surface area contributed by atoms with E-state index in [0.29, 0.717) is 11.8 Å². The highest BCUT2D eigenvalue weighted by molar-refractivity contribution is 8.02. The molecule has 10 N–H and O–H groups in total. The molecule has 4 heterocycles. The molecule has 0 saturated carbocycles. The van der Waals surface area contributed by atoms with Gasteiger partial charge in [0.1, 0.15) is 17.1 Å². The van der Waals surface area contributed by atoms with Gasteiger partial charge >= 0.3 is 18.0 Å². The first-order valence-corrected chi connectivity index (χ1v) is 17.2. The number of β-lactam (4-membered cyclic amide) rings is 1. The molecule has 3 saturated heterocycles. The fourth-order valence-electron chi connectivity index (χ4n) is 5.12. The average Bonchev–Trinajstić information content (AvgIpc) is 3.80. The molecule has 3 fully saturated rings. The zero-order valence-electron chi connectivity index (χ0n) is 27.1. The molecule has 3 aliphatic rings. The normalized spacial score (nSPS) is 21.9. The van der Waals surface area contributed by atoms with E-state index in [0.717, 1.165) is 32.2 Å². The van der Waals surface area contributed by atoms with Crippen molar-refractivity contribution in [2.45, 2.75) is 35.7 Å². The standard InChI is InChI=1S/C28H31ClN10O11S2/c1-27(2,23(45)46)50-36-16(12-9-51-25(31)33-12)20(43)34-17-21(44)37-10-28(24(47)48,52-22(17)37)38-7-8-39(26(38)49)35-15(19(42)32-6-5-30)11-3-4-13(40)18(41)14(11)29/h3-4,9,17,22,40-41H,5-8,10,30H2,1-2H3,(H2,31,33)(H,32,42)(H,34,43)(H,45,46)(H,47,48)/b35-15-,36-16-/t17-,22-,28-/m1/s1. The van der Waals surface area contributed by atoms with E-state index in [1.54, 1.807) is 0 Å². The van der Waals surface area contributed by atoms with Gasteiger partial charge in [0.25, 0.3) is 11.8 Å². The Kier molecular flexibility index (Phi) is 10.4. The molecule has 5 amide bonds. The van der Waals surface area contributed by atoms with Crippen molar-refractivity contribution in [2.75, 3.05) is 38.5 Å². The van der Waals surface area contributed by atoms with Crippen LogP contribution in [0.5, 0.6) is 11.5 Å². The highest BCUT2D eigenvalue weighted by atomic mass is 35.5. The number of thiazole rings is 1. The number of phenols is 2. The number of carbonyl (C=O) groups excluding carboxylic acids is 4. The summed E-state index contributed by atoms with van der Waals surface area (Å²) >= 11 is 7.86. The van der Waals surface area contributed by atoms with Crippen molar-refractivity contribution < 1.29 is 54.0 Å². The van der Waals surface area contributed by atoms with Crippen LogP contribution in [-0.4, -0.2) is 142 Å². The van der Waals surface area contributed by atoms with Gasteiger partial charge in [-0.1, -0.05) is 28.5 Å². The molecular weight excluding hydrogens is 752 g/mol. The van der Waals surface area contributed by atoms with Crippen LogP contribution < -0.4 is 22.1 Å². The Balaban J connectivity index is 1.39. The number of aromatic nitrogens is 1. The number of hydrazone groups is 1. The van der Waals surface area contributed by atoms with Gasteiger partial charge in [-0.2, -0.15) is 5.10 Å². The Morgan fingerprint density at radius 2 is 1.87 bits per heavy atom. The van der Waals surface area contributed by atoms with Crippen LogP contribution in [-0.2, 0) is 28.8 Å². The number of thioether (sulfide) groups is 1. The molecule has 0 spiro atoms. The average molecular weight is 783 g/mol. The number of nitrogen functional groups attached to an aromatic ring is 1. The monoisotopic (exact) mass is 782 g/mol. The first kappa shape index (κ1) is 37.9. The van der Waals surface area contributed by atoms with Crippen LogP contribution in [0, 0.1) is 0 Å². The van der Waals surface area contributed by atoms with Crippen molar-refractivity contribution in [1.82, 2.24) is 30.4 Å². The summed E-state index contributed by atoms with van der Waals surface area (Å²) in [5, 5.41) is 53.4. The summed E-state index contributed by atoms with van der Waals surface area (Å²) < 4.78 is 0. The first-order chi connectivity index (χ1) is 24.4. The zero-order valence-corrected chi connectivity index (χ0v) is 29.5. The lowest BCUT2D eigenvalue weighted by Gasteiger charge is -2.41. The van der Waals surface area contributed by atoms with Gasteiger partial charge in [-0.25, -0.2) is 24.4 Å². The lowest BCUT2D eigenvalue weighted by atomic mass is 10.1. The van der Waals surface area contributed by atoms with Crippen LogP contribution in [0.4, 0.5) is 9.93 Å². The van der Waals surface area contributed by atoms with Crippen LogP contribution >= 0.6 is 34.7 Å². The van der Waals surface area contributed by atoms with Crippen LogP contribution in [0.2, 0.25) is 5.02 Å². The van der Waals surface area contributed by atoms with Gasteiger partial charge < -0.3 is 52.3 Å². The molecule has 52 heavy (non-hydrogen) atoms. The van der Waals surface area contributed by atoms with Crippen molar-refractivity contribution >= 4 is 86.9 Å². The van der Waals surface area contributed by atoms with Crippen LogP contribution in [0.15, 0.2) is 27.8 Å². The number of rotatable bonds is 13. The van der Waals surface area contributed by atoms with Crippen molar-refractivity contribution in [1.29, 1.82) is 0 Å². The van der Waals surface area contributed by atoms with Crippen LogP contribution in [0.25, 0.3) is 0 Å². The van der Waals surface area contributed by atoms with E-state index < -0.39 is 92.1 Å². The fourth-order valence-corrected chi connectivity index (χ4v) is 7.55. The largest absolute Gasteiger partial charge is 0.504 e. The third-order valence-corrected chi connectivity index (χ3v) is 10.7. The Hall–Kier alpha value is -5.39. The second-order valence-corrected chi connectivity index (χ2v) is 14.4. The molecule has 0 bridgehead atoms. The molecule has 0 aliphatic carbocycles. The van der Waals surface area contributed by atoms with Gasteiger partial charge in [0.2, 0.25) is 16.4 Å². The maximum absolute atomic E-state index is 13.8. The van der Waals surface area contributed by atoms with E-state index >= 15 is 0 Å². The first-order valence-electron chi connectivity index (χ1n) is 15.0. The zero-order chi connectivity index (χ0) is 38.3. The number of aliphatic carboxylic acids is 2. The molecule has 3 aliphatic heterocycles. The van der Waals surface area contributed by atoms with Gasteiger partial charge in [0, 0.05) is 30.6 Å². The van der Waals surface area contributed by atoms with Crippen molar-refractivity contribution in [3.05, 3.63) is 33.8 Å². The number of fused-ring (bicyclic) bond motifs is 1. The topological polar surface area (TPSA) is 316 Å². The number of carbonyl (C=O) groups is 6. The molecule has 0 unspecified atom stereocenters. The number of benzene rings is 1. The third kappa shape index (κ3) is 6.81. The maximum Gasteiger partial charge on any atom is 0.350 e. The second-order valence-electron chi connectivity index (χ2n) is 11.8. The number of aromatic hydroxyl groups is 2. The van der Waals surface area contributed by atoms with Gasteiger partial charge in [0.15, 0.2) is 28.1 Å². The van der Waals surface area contributed by atoms with Crippen LogP contribution in [0.1, 0.15) is 25.1 Å². The van der Waals surface area contributed by atoms with E-state index in [9.17, 15) is 49.2 Å². The Bertz CT molecular complexity index is 1920. The van der Waals surface area contributed by atoms with Gasteiger partial charge in [-0.05, 0) is 26.0 Å². The number of hydrogen-bond acceptors (Lipinski definition) is 16. The molecule has 0 radical (unpaired) electrons. The SMILES string of the molecule is CC(C)(O/N=C(\C(=O)N[C@@H]1C(=O)N2C[C@@](C(=O)O)(N3CCN(/N=C(\C(=O)NCCN)c4ccc(O)c(O)c4Cl)C3=O)S[C@H]12)c1csc(N)n1)C(=O)O. The van der Waals surface area contributed by atoms with Crippen LogP contribution in [0.3, 0.4) is 0 Å². The summed E-state index contributed by atoms with van der Waals surface area (Å²) in [6.45, 7) is 1.51. The quantitative estimate of drug-likeness (QED) is 0.0511. The van der Waals surface area contributed by atoms with Crippen molar-refractivity contribution in [3.63, 3.8) is 0 Å². The van der Waals surface area contributed by atoms with Crippen molar-refractivity contribution in [2.24, 2.45) is 16.0 Å². The smallest absolute Gasteiger partial charge is 0.350 e. The summed E-state index contributed by atoms with van der Waals surface area (Å²) in [7, 11) is 0. The lowest BCUT2D eigenvalue weighted by molar-refractivity contribution is -0.161.